The Morgan fingerprint density at radius 1 is 0.345 bits per heavy atom. The zero-order chi connectivity index (χ0) is 38.6. The van der Waals surface area contributed by atoms with Crippen LogP contribution in [0.15, 0.2) is 223 Å². The lowest BCUT2D eigenvalue weighted by Gasteiger charge is -2.28. The van der Waals surface area contributed by atoms with Crippen LogP contribution < -0.4 is 4.90 Å². The van der Waals surface area contributed by atoms with Crippen LogP contribution in [-0.4, -0.2) is 0 Å². The van der Waals surface area contributed by atoms with E-state index in [0.717, 1.165) is 50.1 Å². The van der Waals surface area contributed by atoms with Gasteiger partial charge in [-0.1, -0.05) is 164 Å². The van der Waals surface area contributed by atoms with E-state index in [1.165, 1.54) is 50.1 Å². The first-order valence-electron chi connectivity index (χ1n) is 20.0. The van der Waals surface area contributed by atoms with E-state index in [1.54, 1.807) is 0 Å². The molecule has 0 spiro atoms. The van der Waals surface area contributed by atoms with Crippen LogP contribution in [0.4, 0.5) is 17.1 Å². The van der Waals surface area contributed by atoms with E-state index in [4.69, 9.17) is 4.42 Å². The Hall–Kier alpha value is -7.42. The molecule has 0 radical (unpaired) electrons. The monoisotopic (exact) mass is 741 g/mol. The van der Waals surface area contributed by atoms with Crippen LogP contribution in [0, 0.1) is 0 Å². The summed E-state index contributed by atoms with van der Waals surface area (Å²) in [5.74, 6) is 0. The van der Waals surface area contributed by atoms with E-state index < -0.39 is 0 Å². The van der Waals surface area contributed by atoms with Gasteiger partial charge >= 0.3 is 0 Å². The third-order valence-electron chi connectivity index (χ3n) is 12.2. The smallest absolute Gasteiger partial charge is 0.135 e. The van der Waals surface area contributed by atoms with Gasteiger partial charge in [0.15, 0.2) is 0 Å². The number of anilines is 3. The van der Waals surface area contributed by atoms with Crippen molar-refractivity contribution in [1.29, 1.82) is 0 Å². The van der Waals surface area contributed by atoms with Gasteiger partial charge in [-0.15, -0.1) is 0 Å². The van der Waals surface area contributed by atoms with Gasteiger partial charge in [-0.3, -0.25) is 0 Å². The molecule has 1 heterocycles. The predicted octanol–water partition coefficient (Wildman–Crippen LogP) is 15.4. The zero-order valence-electron chi connectivity index (χ0n) is 32.1. The molecule has 11 rings (SSSR count). The third kappa shape index (κ3) is 5.56. The molecule has 0 N–H and O–H groups in total. The Balaban J connectivity index is 0.977. The van der Waals surface area contributed by atoms with Gasteiger partial charge in [0, 0.05) is 33.2 Å². The van der Waals surface area contributed by atoms with Crippen molar-refractivity contribution in [2.75, 3.05) is 4.90 Å². The summed E-state index contributed by atoms with van der Waals surface area (Å²) < 4.78 is 6.62. The van der Waals surface area contributed by atoms with Gasteiger partial charge in [0.05, 0.1) is 0 Å². The summed E-state index contributed by atoms with van der Waals surface area (Å²) in [6.45, 7) is 2.35. The number of rotatable bonds is 7. The summed E-state index contributed by atoms with van der Waals surface area (Å²) in [6, 6.07) is 78.8. The maximum atomic E-state index is 6.62. The molecule has 1 aromatic heterocycles. The van der Waals surface area contributed by atoms with Crippen molar-refractivity contribution in [3.63, 3.8) is 0 Å². The molecule has 0 amide bonds. The lowest BCUT2D eigenvalue weighted by molar-refractivity contribution is 0.662. The number of hydrogen-bond acceptors (Lipinski definition) is 2. The highest BCUT2D eigenvalue weighted by atomic mass is 16.3. The second kappa shape index (κ2) is 13.7. The Bertz CT molecular complexity index is 2980. The quantitative estimate of drug-likeness (QED) is 0.162. The van der Waals surface area contributed by atoms with E-state index in [-0.39, 0.29) is 5.41 Å². The van der Waals surface area contributed by atoms with Crippen LogP contribution in [0.5, 0.6) is 0 Å². The van der Waals surface area contributed by atoms with Gasteiger partial charge in [-0.05, 0) is 123 Å². The van der Waals surface area contributed by atoms with Gasteiger partial charge in [-0.25, -0.2) is 0 Å². The first-order chi connectivity index (χ1) is 28.6. The van der Waals surface area contributed by atoms with Crippen molar-refractivity contribution in [2.24, 2.45) is 0 Å². The fourth-order valence-corrected chi connectivity index (χ4v) is 9.17. The molecule has 0 aliphatic heterocycles. The molecule has 0 unspecified atom stereocenters. The SMILES string of the molecule is CC1(c2ccc3c(c2)oc2ccc(-c4cccc(N(c5ccc(-c6ccccc6)cc5)c5ccc(-c6ccccc6)cc5)c4)cc23)c2ccccc2-c2ccccc21. The minimum atomic E-state index is -0.276. The minimum Gasteiger partial charge on any atom is -0.456 e. The summed E-state index contributed by atoms with van der Waals surface area (Å²) in [5, 5.41) is 2.24. The molecule has 0 bridgehead atoms. The van der Waals surface area contributed by atoms with Gasteiger partial charge in [-0.2, -0.15) is 0 Å². The Morgan fingerprint density at radius 3 is 1.45 bits per heavy atom. The molecular weight excluding hydrogens is 703 g/mol. The molecular formula is C56H39NO. The number of benzene rings is 9. The molecule has 0 fully saturated rings. The molecule has 9 aromatic carbocycles. The average Bonchev–Trinajstić information content (AvgIpc) is 3.80. The summed E-state index contributed by atoms with van der Waals surface area (Å²) in [4.78, 5) is 2.35. The van der Waals surface area contributed by atoms with Crippen molar-refractivity contribution in [3.05, 3.63) is 235 Å². The number of nitrogens with zero attached hydrogens (tertiary/aromatic N) is 1. The predicted molar refractivity (Wildman–Crippen MR) is 242 cm³/mol. The normalized spacial score (nSPS) is 12.7. The number of furan rings is 1. The first-order valence-corrected chi connectivity index (χ1v) is 20.0. The van der Waals surface area contributed by atoms with Crippen LogP contribution in [0.3, 0.4) is 0 Å². The topological polar surface area (TPSA) is 16.4 Å². The molecule has 0 atom stereocenters. The van der Waals surface area contributed by atoms with E-state index in [1.807, 2.05) is 0 Å². The largest absolute Gasteiger partial charge is 0.456 e. The lowest BCUT2D eigenvalue weighted by Crippen LogP contribution is -2.22. The highest BCUT2D eigenvalue weighted by Gasteiger charge is 2.40. The Kier molecular flexibility index (Phi) is 7.97. The maximum absolute atomic E-state index is 6.62. The van der Waals surface area contributed by atoms with Crippen LogP contribution in [0.25, 0.3) is 66.4 Å². The van der Waals surface area contributed by atoms with Crippen molar-refractivity contribution in [2.45, 2.75) is 12.3 Å². The maximum Gasteiger partial charge on any atom is 0.135 e. The van der Waals surface area contributed by atoms with Crippen LogP contribution in [-0.2, 0) is 5.41 Å². The number of hydrogen-bond donors (Lipinski definition) is 0. The Labute approximate surface area is 338 Å². The highest BCUT2D eigenvalue weighted by molar-refractivity contribution is 6.07. The summed E-state index contributed by atoms with van der Waals surface area (Å²) in [6.07, 6.45) is 0. The lowest BCUT2D eigenvalue weighted by atomic mass is 9.74. The van der Waals surface area contributed by atoms with Crippen LogP contribution >= 0.6 is 0 Å². The summed E-state index contributed by atoms with van der Waals surface area (Å²) in [7, 11) is 0. The van der Waals surface area contributed by atoms with Gasteiger partial charge in [0.2, 0.25) is 0 Å². The molecule has 2 heteroatoms. The second-order valence-electron chi connectivity index (χ2n) is 15.5. The first kappa shape index (κ1) is 33.9. The minimum absolute atomic E-state index is 0.276. The standard InChI is InChI=1S/C56H39NO/c1-56(52-21-10-8-19-48(52)49-20-9-11-22-53(49)56)44-28-33-50-51-36-43(27-34-54(51)58-55(50)37-44)42-17-12-18-47(35-42)57(45-29-23-40(24-30-45)38-13-4-2-5-14-38)46-31-25-41(26-32-46)39-15-6-3-7-16-39/h2-37H,1H3. The molecule has 1 aliphatic rings. The van der Waals surface area contributed by atoms with Crippen molar-refractivity contribution in [3.8, 4) is 44.5 Å². The average molecular weight is 742 g/mol. The van der Waals surface area contributed by atoms with Gasteiger partial charge in [0.25, 0.3) is 0 Å². The molecule has 58 heavy (non-hydrogen) atoms. The molecule has 10 aromatic rings. The second-order valence-corrected chi connectivity index (χ2v) is 15.5. The van der Waals surface area contributed by atoms with Gasteiger partial charge in [0.1, 0.15) is 11.2 Å². The van der Waals surface area contributed by atoms with Crippen molar-refractivity contribution in [1.82, 2.24) is 0 Å². The summed E-state index contributed by atoms with van der Waals surface area (Å²) in [5.41, 5.74) is 18.4. The molecule has 2 nitrogen and oxygen atoms in total. The van der Waals surface area contributed by atoms with Crippen molar-refractivity contribution < 1.29 is 4.42 Å². The molecule has 1 aliphatic carbocycles. The summed E-state index contributed by atoms with van der Waals surface area (Å²) >= 11 is 0. The van der Waals surface area contributed by atoms with Crippen molar-refractivity contribution >= 4 is 39.0 Å². The molecule has 0 saturated carbocycles. The number of fused-ring (bicyclic) bond motifs is 6. The van der Waals surface area contributed by atoms with Crippen LogP contribution in [0.2, 0.25) is 0 Å². The van der Waals surface area contributed by atoms with Crippen LogP contribution in [0.1, 0.15) is 23.6 Å². The van der Waals surface area contributed by atoms with E-state index >= 15 is 0 Å². The molecule has 274 valence electrons. The highest BCUT2D eigenvalue weighted by Crippen LogP contribution is 2.53. The fraction of sp³-hybridized carbons (Fsp3) is 0.0357. The zero-order valence-corrected chi connectivity index (χ0v) is 32.1. The third-order valence-corrected chi connectivity index (χ3v) is 12.2. The van der Waals surface area contributed by atoms with E-state index in [2.05, 4.69) is 230 Å². The fourth-order valence-electron chi connectivity index (χ4n) is 9.17. The van der Waals surface area contributed by atoms with E-state index in [9.17, 15) is 0 Å². The molecule has 0 saturated heterocycles. The van der Waals surface area contributed by atoms with E-state index in [0.29, 0.717) is 0 Å². The Morgan fingerprint density at radius 2 is 0.845 bits per heavy atom. The van der Waals surface area contributed by atoms with Gasteiger partial charge < -0.3 is 9.32 Å².